The van der Waals surface area contributed by atoms with Gasteiger partial charge in [-0.25, -0.2) is 0 Å². The highest BCUT2D eigenvalue weighted by atomic mass is 19.4. The minimum atomic E-state index is -4.34. The first-order chi connectivity index (χ1) is 12.4. The van der Waals surface area contributed by atoms with Crippen LogP contribution < -0.4 is 15.4 Å². The van der Waals surface area contributed by atoms with Gasteiger partial charge in [0, 0.05) is 19.1 Å². The second kappa shape index (κ2) is 8.10. The van der Waals surface area contributed by atoms with Gasteiger partial charge in [-0.15, -0.1) is 0 Å². The lowest BCUT2D eigenvalue weighted by molar-refractivity contribution is -0.137. The molecule has 1 heterocycles. The molecule has 26 heavy (non-hydrogen) atoms. The molecule has 3 rings (SSSR count). The molecule has 3 nitrogen and oxygen atoms in total. The molecule has 0 bridgehead atoms. The first-order valence-electron chi connectivity index (χ1n) is 8.74. The molecule has 1 fully saturated rings. The van der Waals surface area contributed by atoms with Crippen LogP contribution >= 0.6 is 0 Å². The number of ether oxygens (including phenoxy) is 1. The Morgan fingerprint density at radius 3 is 2.69 bits per heavy atom. The summed E-state index contributed by atoms with van der Waals surface area (Å²) in [6.45, 7) is 4.90. The molecular weight excluding hydrogens is 341 g/mol. The van der Waals surface area contributed by atoms with Crippen molar-refractivity contribution in [2.24, 2.45) is 0 Å². The van der Waals surface area contributed by atoms with Gasteiger partial charge in [0.05, 0.1) is 5.56 Å². The number of aryl methyl sites for hydroxylation is 1. The van der Waals surface area contributed by atoms with Crippen LogP contribution in [0.4, 0.5) is 13.2 Å². The summed E-state index contributed by atoms with van der Waals surface area (Å²) in [5.74, 6) is 0.689. The van der Waals surface area contributed by atoms with E-state index in [1.807, 2.05) is 19.1 Å². The van der Waals surface area contributed by atoms with Crippen LogP contribution in [0, 0.1) is 6.92 Å². The Kier molecular flexibility index (Phi) is 5.84. The summed E-state index contributed by atoms with van der Waals surface area (Å²) < 4.78 is 44.0. The van der Waals surface area contributed by atoms with Gasteiger partial charge in [0.25, 0.3) is 0 Å². The molecule has 2 aromatic rings. The zero-order valence-electron chi connectivity index (χ0n) is 14.7. The maximum atomic E-state index is 12.8. The molecule has 1 aliphatic heterocycles. The average molecular weight is 364 g/mol. The molecule has 0 radical (unpaired) electrons. The lowest BCUT2D eigenvalue weighted by Crippen LogP contribution is -2.30. The van der Waals surface area contributed by atoms with E-state index in [4.69, 9.17) is 4.74 Å². The van der Waals surface area contributed by atoms with Crippen molar-refractivity contribution in [3.8, 4) is 5.75 Å². The first kappa shape index (κ1) is 18.7. The summed E-state index contributed by atoms with van der Waals surface area (Å²) in [5, 5.41) is 6.83. The molecule has 0 aromatic heterocycles. The summed E-state index contributed by atoms with van der Waals surface area (Å²) in [7, 11) is 0. The second-order valence-electron chi connectivity index (χ2n) is 6.66. The summed E-state index contributed by atoms with van der Waals surface area (Å²) in [6.07, 6.45) is -3.20. The Morgan fingerprint density at radius 2 is 2.00 bits per heavy atom. The zero-order chi connectivity index (χ0) is 18.6. The number of benzene rings is 2. The highest BCUT2D eigenvalue weighted by Gasteiger charge is 2.30. The third kappa shape index (κ3) is 4.99. The molecule has 1 aliphatic rings. The standard InChI is InChI=1S/C20H23F3N2O/c1-14-9-15(11-25-18-7-8-24-12-18)5-6-19(14)26-13-16-3-2-4-17(10-16)20(21,22)23/h2-6,9-10,18,24-25H,7-8,11-13H2,1H3. The number of nitrogens with one attached hydrogen (secondary N) is 2. The van der Waals surface area contributed by atoms with Gasteiger partial charge in [-0.1, -0.05) is 24.3 Å². The molecular formula is C20H23F3N2O. The molecule has 6 heteroatoms. The van der Waals surface area contributed by atoms with Crippen molar-refractivity contribution in [1.29, 1.82) is 0 Å². The van der Waals surface area contributed by atoms with Crippen molar-refractivity contribution in [3.05, 3.63) is 64.7 Å². The quantitative estimate of drug-likeness (QED) is 0.812. The number of halogens is 3. The SMILES string of the molecule is Cc1cc(CNC2CCNC2)ccc1OCc1cccc(C(F)(F)F)c1. The Bertz CT molecular complexity index is 740. The predicted molar refractivity (Wildman–Crippen MR) is 95.1 cm³/mol. The molecule has 0 saturated carbocycles. The van der Waals surface area contributed by atoms with E-state index in [0.717, 1.165) is 43.8 Å². The lowest BCUT2D eigenvalue weighted by Gasteiger charge is -2.14. The Hall–Kier alpha value is -2.05. The summed E-state index contributed by atoms with van der Waals surface area (Å²) in [4.78, 5) is 0. The monoisotopic (exact) mass is 364 g/mol. The smallest absolute Gasteiger partial charge is 0.416 e. The van der Waals surface area contributed by atoms with Crippen molar-refractivity contribution in [3.63, 3.8) is 0 Å². The highest BCUT2D eigenvalue weighted by Crippen LogP contribution is 2.30. The fraction of sp³-hybridized carbons (Fsp3) is 0.400. The van der Waals surface area contributed by atoms with E-state index in [1.165, 1.54) is 11.6 Å². The number of rotatable bonds is 6. The van der Waals surface area contributed by atoms with E-state index in [1.54, 1.807) is 6.07 Å². The van der Waals surface area contributed by atoms with Gasteiger partial charge in [0.2, 0.25) is 0 Å². The van der Waals surface area contributed by atoms with Crippen LogP contribution in [0.1, 0.15) is 28.7 Å². The predicted octanol–water partition coefficient (Wildman–Crippen LogP) is 4.04. The molecule has 0 amide bonds. The van der Waals surface area contributed by atoms with E-state index in [-0.39, 0.29) is 6.61 Å². The molecule has 0 aliphatic carbocycles. The highest BCUT2D eigenvalue weighted by molar-refractivity contribution is 5.36. The van der Waals surface area contributed by atoms with Crippen molar-refractivity contribution in [1.82, 2.24) is 10.6 Å². The van der Waals surface area contributed by atoms with Crippen LogP contribution in [0.2, 0.25) is 0 Å². The van der Waals surface area contributed by atoms with E-state index >= 15 is 0 Å². The van der Waals surface area contributed by atoms with Crippen molar-refractivity contribution < 1.29 is 17.9 Å². The van der Waals surface area contributed by atoms with Gasteiger partial charge in [0.1, 0.15) is 12.4 Å². The number of hydrogen-bond donors (Lipinski definition) is 2. The minimum Gasteiger partial charge on any atom is -0.489 e. The van der Waals surface area contributed by atoms with Crippen molar-refractivity contribution in [2.45, 2.75) is 38.7 Å². The van der Waals surface area contributed by atoms with Crippen LogP contribution in [-0.4, -0.2) is 19.1 Å². The van der Waals surface area contributed by atoms with Crippen LogP contribution in [0.3, 0.4) is 0 Å². The van der Waals surface area contributed by atoms with Gasteiger partial charge in [0.15, 0.2) is 0 Å². The molecule has 1 saturated heterocycles. The Morgan fingerprint density at radius 1 is 1.15 bits per heavy atom. The topological polar surface area (TPSA) is 33.3 Å². The summed E-state index contributed by atoms with van der Waals surface area (Å²) in [6, 6.07) is 11.7. The van der Waals surface area contributed by atoms with Crippen LogP contribution in [0.5, 0.6) is 5.75 Å². The third-order valence-electron chi connectivity index (χ3n) is 4.54. The maximum Gasteiger partial charge on any atom is 0.416 e. The maximum absolute atomic E-state index is 12.8. The van der Waals surface area contributed by atoms with Gasteiger partial charge >= 0.3 is 6.18 Å². The first-order valence-corrected chi connectivity index (χ1v) is 8.74. The average Bonchev–Trinajstić information content (AvgIpc) is 3.12. The van der Waals surface area contributed by atoms with E-state index in [0.29, 0.717) is 17.4 Å². The number of alkyl halides is 3. The molecule has 1 unspecified atom stereocenters. The van der Waals surface area contributed by atoms with Gasteiger partial charge < -0.3 is 15.4 Å². The van der Waals surface area contributed by atoms with E-state index in [9.17, 15) is 13.2 Å². The van der Waals surface area contributed by atoms with Gasteiger partial charge in [-0.3, -0.25) is 0 Å². The van der Waals surface area contributed by atoms with Crippen LogP contribution in [-0.2, 0) is 19.3 Å². The summed E-state index contributed by atoms with van der Waals surface area (Å²) >= 11 is 0. The van der Waals surface area contributed by atoms with E-state index < -0.39 is 11.7 Å². The van der Waals surface area contributed by atoms with Gasteiger partial charge in [-0.2, -0.15) is 13.2 Å². The lowest BCUT2D eigenvalue weighted by atomic mass is 10.1. The van der Waals surface area contributed by atoms with Crippen LogP contribution in [0.15, 0.2) is 42.5 Å². The van der Waals surface area contributed by atoms with Gasteiger partial charge in [-0.05, 0) is 54.8 Å². The second-order valence-corrected chi connectivity index (χ2v) is 6.66. The fourth-order valence-electron chi connectivity index (χ4n) is 3.07. The van der Waals surface area contributed by atoms with Crippen LogP contribution in [0.25, 0.3) is 0 Å². The molecule has 140 valence electrons. The molecule has 2 aromatic carbocycles. The Labute approximate surface area is 151 Å². The van der Waals surface area contributed by atoms with Crippen molar-refractivity contribution >= 4 is 0 Å². The molecule has 0 spiro atoms. The number of hydrogen-bond acceptors (Lipinski definition) is 3. The molecule has 1 atom stereocenters. The van der Waals surface area contributed by atoms with Crippen molar-refractivity contribution in [2.75, 3.05) is 13.1 Å². The summed E-state index contributed by atoms with van der Waals surface area (Å²) in [5.41, 5.74) is 1.98. The fourth-order valence-corrected chi connectivity index (χ4v) is 3.07. The zero-order valence-corrected chi connectivity index (χ0v) is 14.7. The third-order valence-corrected chi connectivity index (χ3v) is 4.54. The van der Waals surface area contributed by atoms with E-state index in [2.05, 4.69) is 16.7 Å². The minimum absolute atomic E-state index is 0.107. The Balaban J connectivity index is 1.58. The largest absolute Gasteiger partial charge is 0.489 e. The molecule has 2 N–H and O–H groups in total. The normalized spacial score (nSPS) is 17.5.